The zero-order valence-electron chi connectivity index (χ0n) is 30.1. The second kappa shape index (κ2) is 12.5. The Balaban J connectivity index is 1.30. The van der Waals surface area contributed by atoms with Gasteiger partial charge in [-0.15, -0.1) is 0 Å². The van der Waals surface area contributed by atoms with Crippen LogP contribution in [0.1, 0.15) is 22.7 Å². The van der Waals surface area contributed by atoms with Gasteiger partial charge >= 0.3 is 0 Å². The summed E-state index contributed by atoms with van der Waals surface area (Å²) in [5, 5.41) is 5.64. The van der Waals surface area contributed by atoms with E-state index in [-0.39, 0.29) is 6.04 Å². The maximum Gasteiger partial charge on any atom is 0.0785 e. The molecule has 2 nitrogen and oxygen atoms in total. The zero-order chi connectivity index (χ0) is 34.6. The van der Waals surface area contributed by atoms with Crippen molar-refractivity contribution in [1.82, 2.24) is 0 Å². The summed E-state index contributed by atoms with van der Waals surface area (Å²) in [6.07, 6.45) is 8.12. The Morgan fingerprint density at radius 3 is 1.66 bits per heavy atom. The molecule has 0 aliphatic heterocycles. The van der Waals surface area contributed by atoms with Crippen molar-refractivity contribution < 1.29 is 0 Å². The van der Waals surface area contributed by atoms with Crippen LogP contribution < -0.4 is 20.2 Å². The van der Waals surface area contributed by atoms with Gasteiger partial charge in [0.25, 0.3) is 0 Å². The topological polar surface area (TPSA) is 6.48 Å². The molecule has 0 saturated carbocycles. The fraction of sp³-hybridized carbons (Fsp3) is 0.174. The molecule has 2 aliphatic carbocycles. The molecule has 6 aromatic carbocycles. The van der Waals surface area contributed by atoms with E-state index in [9.17, 15) is 0 Å². The van der Waals surface area contributed by atoms with Crippen LogP contribution in [0.2, 0.25) is 39.3 Å². The van der Waals surface area contributed by atoms with Crippen molar-refractivity contribution >= 4 is 71.3 Å². The summed E-state index contributed by atoms with van der Waals surface area (Å²) in [6.45, 7) is 14.5. The van der Waals surface area contributed by atoms with Gasteiger partial charge in [-0.3, -0.25) is 0 Å². The first kappa shape index (κ1) is 32.3. The Kier molecular flexibility index (Phi) is 8.05. The van der Waals surface area contributed by atoms with Crippen molar-refractivity contribution in [2.45, 2.75) is 51.7 Å². The van der Waals surface area contributed by atoms with Gasteiger partial charge in [0.15, 0.2) is 0 Å². The second-order valence-electron chi connectivity index (χ2n) is 15.8. The minimum atomic E-state index is -1.43. The van der Waals surface area contributed by atoms with Crippen LogP contribution in [0.15, 0.2) is 152 Å². The summed E-state index contributed by atoms with van der Waals surface area (Å²) >= 11 is 0. The quantitative estimate of drug-likeness (QED) is 0.147. The van der Waals surface area contributed by atoms with Crippen molar-refractivity contribution in [2.24, 2.45) is 0 Å². The van der Waals surface area contributed by atoms with E-state index in [1.54, 1.807) is 0 Å². The molecule has 8 rings (SSSR count). The number of benzene rings is 6. The van der Waals surface area contributed by atoms with Gasteiger partial charge in [-0.2, -0.15) is 0 Å². The highest BCUT2D eigenvalue weighted by Crippen LogP contribution is 2.49. The van der Waals surface area contributed by atoms with Crippen LogP contribution in [0.25, 0.3) is 16.3 Å². The molecule has 0 radical (unpaired) electrons. The highest BCUT2D eigenvalue weighted by Gasteiger charge is 2.31. The van der Waals surface area contributed by atoms with Gasteiger partial charge < -0.3 is 9.80 Å². The van der Waals surface area contributed by atoms with E-state index in [0.29, 0.717) is 0 Å². The predicted octanol–water partition coefficient (Wildman–Crippen LogP) is 11.8. The number of allylic oxidation sites excluding steroid dienone is 3. The lowest BCUT2D eigenvalue weighted by Gasteiger charge is -2.38. The molecule has 0 spiro atoms. The number of nitrogens with zero attached hydrogens (tertiary/aromatic N) is 2. The van der Waals surface area contributed by atoms with Crippen LogP contribution in [-0.4, -0.2) is 16.1 Å². The van der Waals surface area contributed by atoms with Crippen LogP contribution >= 0.6 is 0 Å². The number of hydrogen-bond acceptors (Lipinski definition) is 2. The summed E-state index contributed by atoms with van der Waals surface area (Å²) in [5.41, 5.74) is 11.5. The molecule has 1 unspecified atom stereocenters. The lowest BCUT2D eigenvalue weighted by atomic mass is 9.79. The van der Waals surface area contributed by atoms with Crippen LogP contribution in [-0.2, 0) is 6.42 Å². The molecule has 0 bridgehead atoms. The van der Waals surface area contributed by atoms with E-state index in [2.05, 4.69) is 201 Å². The van der Waals surface area contributed by atoms with Gasteiger partial charge in [0.1, 0.15) is 0 Å². The van der Waals surface area contributed by atoms with E-state index in [0.717, 1.165) is 6.42 Å². The first-order valence-electron chi connectivity index (χ1n) is 18.0. The zero-order valence-corrected chi connectivity index (χ0v) is 32.1. The first-order chi connectivity index (χ1) is 24.1. The van der Waals surface area contributed by atoms with Gasteiger partial charge in [-0.05, 0) is 94.1 Å². The number of para-hydroxylation sites is 2. The second-order valence-corrected chi connectivity index (χ2v) is 26.0. The minimum Gasteiger partial charge on any atom is -0.330 e. The van der Waals surface area contributed by atoms with Crippen molar-refractivity contribution in [3.05, 3.63) is 168 Å². The Morgan fingerprint density at radius 1 is 0.540 bits per heavy atom. The smallest absolute Gasteiger partial charge is 0.0785 e. The summed E-state index contributed by atoms with van der Waals surface area (Å²) in [7, 11) is -2.85. The fourth-order valence-corrected chi connectivity index (χ4v) is 10.1. The summed E-state index contributed by atoms with van der Waals surface area (Å²) in [5.74, 6) is 0. The Hall–Kier alpha value is -4.91. The van der Waals surface area contributed by atoms with Gasteiger partial charge in [0, 0.05) is 22.7 Å². The van der Waals surface area contributed by atoms with E-state index < -0.39 is 16.1 Å². The SMILES string of the molecule is C[Si](C)(C)c1ccc(N(c2ccccc2)c2ccc3ccc4c5c3c2CC=C5C=CC4N(c2ccccc2)c2ccc([Si](C)(C)C)cc2)cc1. The van der Waals surface area contributed by atoms with E-state index in [1.165, 1.54) is 71.8 Å². The Bertz CT molecular complexity index is 2240. The Morgan fingerprint density at radius 2 is 1.06 bits per heavy atom. The van der Waals surface area contributed by atoms with E-state index in [1.807, 2.05) is 0 Å². The molecule has 6 aromatic rings. The fourth-order valence-electron chi connectivity index (χ4n) is 7.75. The molecule has 248 valence electrons. The van der Waals surface area contributed by atoms with E-state index in [4.69, 9.17) is 0 Å². The van der Waals surface area contributed by atoms with Crippen molar-refractivity contribution in [3.8, 4) is 0 Å². The van der Waals surface area contributed by atoms with Gasteiger partial charge in [-0.25, -0.2) is 0 Å². The molecule has 0 heterocycles. The highest BCUT2D eigenvalue weighted by molar-refractivity contribution is 6.89. The molecule has 0 fully saturated rings. The molecule has 2 aliphatic rings. The van der Waals surface area contributed by atoms with Crippen molar-refractivity contribution in [1.29, 1.82) is 0 Å². The normalized spacial score (nSPS) is 15.2. The van der Waals surface area contributed by atoms with E-state index >= 15 is 0 Å². The van der Waals surface area contributed by atoms with Gasteiger partial charge in [-0.1, -0.05) is 147 Å². The molecule has 0 saturated heterocycles. The van der Waals surface area contributed by atoms with Crippen LogP contribution in [0.4, 0.5) is 28.4 Å². The van der Waals surface area contributed by atoms with Crippen LogP contribution in [0.3, 0.4) is 0 Å². The molecule has 50 heavy (non-hydrogen) atoms. The third kappa shape index (κ3) is 5.76. The molecular weight excluding hydrogens is 637 g/mol. The molecule has 0 N–H and O–H groups in total. The van der Waals surface area contributed by atoms with Crippen LogP contribution in [0, 0.1) is 0 Å². The van der Waals surface area contributed by atoms with Gasteiger partial charge in [0.05, 0.1) is 27.9 Å². The molecule has 4 heteroatoms. The maximum absolute atomic E-state index is 2.52. The van der Waals surface area contributed by atoms with Crippen LogP contribution in [0.5, 0.6) is 0 Å². The number of rotatable bonds is 8. The lowest BCUT2D eigenvalue weighted by molar-refractivity contribution is 0.843. The summed E-state index contributed by atoms with van der Waals surface area (Å²) in [6, 6.07) is 50.0. The van der Waals surface area contributed by atoms with Crippen molar-refractivity contribution in [2.75, 3.05) is 9.80 Å². The predicted molar refractivity (Wildman–Crippen MR) is 223 cm³/mol. The summed E-state index contributed by atoms with van der Waals surface area (Å²) < 4.78 is 0. The summed E-state index contributed by atoms with van der Waals surface area (Å²) in [4.78, 5) is 4.99. The number of anilines is 5. The van der Waals surface area contributed by atoms with Gasteiger partial charge in [0.2, 0.25) is 0 Å². The third-order valence-corrected chi connectivity index (χ3v) is 14.6. The average molecular weight is 683 g/mol. The van der Waals surface area contributed by atoms with Crippen molar-refractivity contribution in [3.63, 3.8) is 0 Å². The first-order valence-corrected chi connectivity index (χ1v) is 25.0. The average Bonchev–Trinajstić information content (AvgIpc) is 3.12. The maximum atomic E-state index is 2.52. The number of hydrogen-bond donors (Lipinski definition) is 0. The molecule has 0 aromatic heterocycles. The monoisotopic (exact) mass is 682 g/mol. The minimum absolute atomic E-state index is 0.0561. The molecular formula is C46H46N2Si2. The largest absolute Gasteiger partial charge is 0.330 e. The third-order valence-electron chi connectivity index (χ3n) is 10.5. The lowest BCUT2D eigenvalue weighted by Crippen LogP contribution is -2.37. The molecule has 1 atom stereocenters. The Labute approximate surface area is 300 Å². The molecule has 0 amide bonds. The highest BCUT2D eigenvalue weighted by atomic mass is 28.3. The standard InChI is InChI=1S/C46H46N2Si2/c1-49(2,3)39-25-21-37(22-26-39)47(35-13-9-7-10-14-35)43-31-19-33-18-30-42-44(32-20-34-17-29-41(43)45(33)46(34)42)48(36-15-11-8-12-16-36)38-23-27-40(28-24-38)50(4,5)6/h7-29,31-32,43H,30H2,1-6H3.